The second-order valence-electron chi connectivity index (χ2n) is 4.43. The SMILES string of the molecule is N[C@@H](CC1CC=CC1)C(=O)NC1CC1. The molecule has 0 aromatic rings. The molecule has 0 aromatic carbocycles. The van der Waals surface area contributed by atoms with Crippen LogP contribution < -0.4 is 11.1 Å². The van der Waals surface area contributed by atoms with E-state index in [1.807, 2.05) is 0 Å². The van der Waals surface area contributed by atoms with Crippen molar-refractivity contribution in [3.8, 4) is 0 Å². The molecule has 0 aliphatic heterocycles. The molecular formula is C11H18N2O. The molecule has 0 heterocycles. The molecule has 0 aromatic heterocycles. The molecule has 0 spiro atoms. The van der Waals surface area contributed by atoms with Crippen LogP contribution in [0.2, 0.25) is 0 Å². The summed E-state index contributed by atoms with van der Waals surface area (Å²) in [5, 5.41) is 2.94. The molecule has 0 saturated heterocycles. The van der Waals surface area contributed by atoms with Gasteiger partial charge in [-0.15, -0.1) is 0 Å². The van der Waals surface area contributed by atoms with E-state index in [0.29, 0.717) is 12.0 Å². The lowest BCUT2D eigenvalue weighted by Gasteiger charge is -2.15. The van der Waals surface area contributed by atoms with Gasteiger partial charge < -0.3 is 11.1 Å². The molecule has 3 heteroatoms. The Hall–Kier alpha value is -0.830. The summed E-state index contributed by atoms with van der Waals surface area (Å²) in [5.41, 5.74) is 5.83. The van der Waals surface area contributed by atoms with Crippen LogP contribution in [0, 0.1) is 5.92 Å². The minimum Gasteiger partial charge on any atom is -0.352 e. The highest BCUT2D eigenvalue weighted by molar-refractivity contribution is 5.82. The lowest BCUT2D eigenvalue weighted by atomic mass is 9.98. The van der Waals surface area contributed by atoms with E-state index >= 15 is 0 Å². The topological polar surface area (TPSA) is 55.1 Å². The zero-order valence-corrected chi connectivity index (χ0v) is 8.41. The Bertz CT molecular complexity index is 238. The van der Waals surface area contributed by atoms with Crippen molar-refractivity contribution >= 4 is 5.91 Å². The number of rotatable bonds is 4. The van der Waals surface area contributed by atoms with Gasteiger partial charge in [-0.3, -0.25) is 4.79 Å². The third-order valence-corrected chi connectivity index (χ3v) is 2.95. The number of nitrogens with one attached hydrogen (secondary N) is 1. The monoisotopic (exact) mass is 194 g/mol. The molecule has 2 rings (SSSR count). The summed E-state index contributed by atoms with van der Waals surface area (Å²) < 4.78 is 0. The van der Waals surface area contributed by atoms with E-state index in [9.17, 15) is 4.79 Å². The van der Waals surface area contributed by atoms with Gasteiger partial charge in [-0.25, -0.2) is 0 Å². The quantitative estimate of drug-likeness (QED) is 0.655. The Labute approximate surface area is 84.7 Å². The summed E-state index contributed by atoms with van der Waals surface area (Å²) in [7, 11) is 0. The van der Waals surface area contributed by atoms with Crippen LogP contribution in [-0.4, -0.2) is 18.0 Å². The van der Waals surface area contributed by atoms with Crippen LogP contribution in [0.15, 0.2) is 12.2 Å². The first-order chi connectivity index (χ1) is 6.75. The van der Waals surface area contributed by atoms with Gasteiger partial charge in [0.2, 0.25) is 5.91 Å². The van der Waals surface area contributed by atoms with Crippen molar-refractivity contribution in [3.05, 3.63) is 12.2 Å². The predicted molar refractivity (Wildman–Crippen MR) is 55.6 cm³/mol. The summed E-state index contributed by atoms with van der Waals surface area (Å²) in [5.74, 6) is 0.634. The van der Waals surface area contributed by atoms with Crippen molar-refractivity contribution in [3.63, 3.8) is 0 Å². The summed E-state index contributed by atoms with van der Waals surface area (Å²) in [4.78, 5) is 11.5. The van der Waals surface area contributed by atoms with Crippen LogP contribution >= 0.6 is 0 Å². The third-order valence-electron chi connectivity index (χ3n) is 2.95. The molecule has 2 aliphatic carbocycles. The second-order valence-corrected chi connectivity index (χ2v) is 4.43. The number of hydrogen-bond acceptors (Lipinski definition) is 2. The summed E-state index contributed by atoms with van der Waals surface area (Å²) in [6.45, 7) is 0. The van der Waals surface area contributed by atoms with E-state index in [-0.39, 0.29) is 11.9 Å². The number of carbonyl (C=O) groups is 1. The lowest BCUT2D eigenvalue weighted by Crippen LogP contribution is -2.42. The molecule has 1 fully saturated rings. The average Bonchev–Trinajstić information content (AvgIpc) is 2.81. The summed E-state index contributed by atoms with van der Waals surface area (Å²) >= 11 is 0. The van der Waals surface area contributed by atoms with Crippen molar-refractivity contribution in [2.75, 3.05) is 0 Å². The van der Waals surface area contributed by atoms with Crippen molar-refractivity contribution < 1.29 is 4.79 Å². The Morgan fingerprint density at radius 1 is 1.43 bits per heavy atom. The molecule has 0 radical (unpaired) electrons. The van der Waals surface area contributed by atoms with E-state index in [1.54, 1.807) is 0 Å². The summed E-state index contributed by atoms with van der Waals surface area (Å²) in [6, 6.07) is 0.121. The summed E-state index contributed by atoms with van der Waals surface area (Å²) in [6.07, 6.45) is 9.61. The Morgan fingerprint density at radius 3 is 2.64 bits per heavy atom. The molecule has 78 valence electrons. The molecule has 2 aliphatic rings. The highest BCUT2D eigenvalue weighted by Crippen LogP contribution is 2.23. The van der Waals surface area contributed by atoms with E-state index in [1.165, 1.54) is 0 Å². The van der Waals surface area contributed by atoms with Gasteiger partial charge >= 0.3 is 0 Å². The first kappa shape index (κ1) is 9.71. The second kappa shape index (κ2) is 4.13. The lowest BCUT2D eigenvalue weighted by molar-refractivity contribution is -0.122. The van der Waals surface area contributed by atoms with Gasteiger partial charge in [-0.05, 0) is 38.0 Å². The van der Waals surface area contributed by atoms with Crippen LogP contribution in [0.4, 0.5) is 0 Å². The van der Waals surface area contributed by atoms with Gasteiger partial charge in [-0.2, -0.15) is 0 Å². The first-order valence-electron chi connectivity index (χ1n) is 5.46. The maximum Gasteiger partial charge on any atom is 0.237 e. The van der Waals surface area contributed by atoms with Gasteiger partial charge in [0, 0.05) is 6.04 Å². The molecule has 1 saturated carbocycles. The van der Waals surface area contributed by atoms with E-state index in [0.717, 1.165) is 32.1 Å². The van der Waals surface area contributed by atoms with Gasteiger partial charge in [0.1, 0.15) is 0 Å². The molecule has 1 atom stereocenters. The minimum absolute atomic E-state index is 0.0411. The largest absolute Gasteiger partial charge is 0.352 e. The highest BCUT2D eigenvalue weighted by atomic mass is 16.2. The number of allylic oxidation sites excluding steroid dienone is 2. The van der Waals surface area contributed by atoms with Crippen LogP contribution in [-0.2, 0) is 4.79 Å². The van der Waals surface area contributed by atoms with Crippen LogP contribution in [0.3, 0.4) is 0 Å². The van der Waals surface area contributed by atoms with E-state index in [4.69, 9.17) is 5.73 Å². The Kier molecular flexibility index (Phi) is 2.87. The zero-order chi connectivity index (χ0) is 9.97. The number of hydrogen-bond donors (Lipinski definition) is 2. The molecule has 0 bridgehead atoms. The highest BCUT2D eigenvalue weighted by Gasteiger charge is 2.27. The minimum atomic E-state index is -0.305. The number of amides is 1. The molecule has 14 heavy (non-hydrogen) atoms. The fraction of sp³-hybridized carbons (Fsp3) is 0.727. The molecule has 0 unspecified atom stereocenters. The van der Waals surface area contributed by atoms with E-state index < -0.39 is 0 Å². The van der Waals surface area contributed by atoms with E-state index in [2.05, 4.69) is 17.5 Å². The Morgan fingerprint density at radius 2 is 2.07 bits per heavy atom. The Balaban J connectivity index is 1.70. The molecule has 3 N–H and O–H groups in total. The third kappa shape index (κ3) is 2.58. The first-order valence-corrected chi connectivity index (χ1v) is 5.46. The normalized spacial score (nSPS) is 23.8. The fourth-order valence-corrected chi connectivity index (χ4v) is 1.87. The van der Waals surface area contributed by atoms with Crippen molar-refractivity contribution in [2.45, 2.75) is 44.2 Å². The maximum atomic E-state index is 11.5. The van der Waals surface area contributed by atoms with Crippen molar-refractivity contribution in [1.82, 2.24) is 5.32 Å². The van der Waals surface area contributed by atoms with Gasteiger partial charge in [0.25, 0.3) is 0 Å². The predicted octanol–water partition coefficient (Wildman–Crippen LogP) is 0.949. The smallest absolute Gasteiger partial charge is 0.237 e. The average molecular weight is 194 g/mol. The van der Waals surface area contributed by atoms with Crippen LogP contribution in [0.5, 0.6) is 0 Å². The standard InChI is InChI=1S/C11H18N2O/c12-10(7-8-3-1-2-4-8)11(14)13-9-5-6-9/h1-2,8-10H,3-7,12H2,(H,13,14)/t10-/m0/s1. The molecular weight excluding hydrogens is 176 g/mol. The van der Waals surface area contributed by atoms with Gasteiger partial charge in [-0.1, -0.05) is 12.2 Å². The molecule has 1 amide bonds. The van der Waals surface area contributed by atoms with Gasteiger partial charge in [0.05, 0.1) is 6.04 Å². The molecule has 3 nitrogen and oxygen atoms in total. The number of carbonyl (C=O) groups excluding carboxylic acids is 1. The van der Waals surface area contributed by atoms with Gasteiger partial charge in [0.15, 0.2) is 0 Å². The van der Waals surface area contributed by atoms with Crippen LogP contribution in [0.1, 0.15) is 32.1 Å². The zero-order valence-electron chi connectivity index (χ0n) is 8.41. The number of nitrogens with two attached hydrogens (primary N) is 1. The van der Waals surface area contributed by atoms with Crippen LogP contribution in [0.25, 0.3) is 0 Å². The van der Waals surface area contributed by atoms with Crippen molar-refractivity contribution in [1.29, 1.82) is 0 Å². The fourth-order valence-electron chi connectivity index (χ4n) is 1.87. The van der Waals surface area contributed by atoms with Crippen molar-refractivity contribution in [2.24, 2.45) is 11.7 Å². The maximum absolute atomic E-state index is 11.5.